The molecule has 0 spiro atoms. The van der Waals surface area contributed by atoms with Crippen molar-refractivity contribution in [3.05, 3.63) is 91.0 Å². The number of hydrogen-bond donors (Lipinski definition) is 3. The van der Waals surface area contributed by atoms with Crippen LogP contribution < -0.4 is 15.6 Å². The maximum atomic E-state index is 11.6. The molecule has 0 radical (unpaired) electrons. The van der Waals surface area contributed by atoms with Crippen LogP contribution in [-0.4, -0.2) is 83.5 Å². The average Bonchev–Trinajstić information content (AvgIpc) is 3.02. The van der Waals surface area contributed by atoms with Crippen molar-refractivity contribution < 1.29 is 62.0 Å². The van der Waals surface area contributed by atoms with Gasteiger partial charge in [-0.05, 0) is 15.6 Å². The summed E-state index contributed by atoms with van der Waals surface area (Å²) >= 11 is 1.06. The number of rotatable bonds is 9. The maximum absolute atomic E-state index is 11.6. The van der Waals surface area contributed by atoms with Crippen molar-refractivity contribution in [2.24, 2.45) is 0 Å². The first-order valence-corrected chi connectivity index (χ1v) is 16.9. The summed E-state index contributed by atoms with van der Waals surface area (Å²) in [5.74, 6) is 0. The summed E-state index contributed by atoms with van der Waals surface area (Å²) in [6, 6.07) is 30.0. The molecule has 38 heavy (non-hydrogen) atoms. The molecule has 3 aromatic carbocycles. The van der Waals surface area contributed by atoms with Crippen LogP contribution in [0.1, 0.15) is 0 Å². The molecule has 0 unspecified atom stereocenters. The van der Waals surface area contributed by atoms with Crippen molar-refractivity contribution in [3.63, 3.8) is 0 Å². The Kier molecular flexibility index (Phi) is 18.6. The van der Waals surface area contributed by atoms with Crippen molar-refractivity contribution in [2.75, 3.05) is 42.7 Å². The Bertz CT molecular complexity index is 851. The van der Waals surface area contributed by atoms with E-state index in [4.69, 9.17) is 13.3 Å². The van der Waals surface area contributed by atoms with E-state index in [9.17, 15) is 4.80 Å². The van der Waals surface area contributed by atoms with E-state index in [1.54, 1.807) is 0 Å². The van der Waals surface area contributed by atoms with Crippen LogP contribution >= 0.6 is 0 Å². The summed E-state index contributed by atoms with van der Waals surface area (Å²) in [6.45, 7) is 0. The Labute approximate surface area is 237 Å². The molecule has 14 heteroatoms. The van der Waals surface area contributed by atoms with E-state index < -0.39 is 26.4 Å². The Morgan fingerprint density at radius 3 is 0.763 bits per heavy atom. The fourth-order valence-corrected chi connectivity index (χ4v) is 7.06. The van der Waals surface area contributed by atoms with Crippen molar-refractivity contribution >= 4 is 42.0 Å². The van der Waals surface area contributed by atoms with Crippen LogP contribution in [0.3, 0.4) is 0 Å². The molecule has 3 N–H and O–H groups in total. The zero-order chi connectivity index (χ0) is 29.1. The molecule has 209 valence electrons. The van der Waals surface area contributed by atoms with Gasteiger partial charge in [-0.15, -0.1) is 0 Å². The molecule has 0 saturated carbocycles. The SMILES string of the molecule is CO[Si](O)(OC)OC.CO[Si](O)(OC)OC.O[Si](c1ccccc1)(c1ccccc1)c1ccccc1.[O]=[V]. The van der Waals surface area contributed by atoms with Crippen LogP contribution in [0.4, 0.5) is 0 Å². The Balaban J connectivity index is 0.000000635. The quantitative estimate of drug-likeness (QED) is 0.226. The van der Waals surface area contributed by atoms with Crippen molar-refractivity contribution in [2.45, 2.75) is 0 Å². The molecular formula is C24H36O10Si3V. The van der Waals surface area contributed by atoms with Gasteiger partial charge >= 0.3 is 39.1 Å². The second kappa shape index (κ2) is 19.4. The van der Waals surface area contributed by atoms with Gasteiger partial charge < -0.3 is 40.9 Å². The zero-order valence-electron chi connectivity index (χ0n) is 22.3. The topological polar surface area (TPSA) is 133 Å². The average molecular weight is 620 g/mol. The third kappa shape index (κ3) is 11.2. The van der Waals surface area contributed by atoms with Gasteiger partial charge in [-0.1, -0.05) is 91.0 Å². The van der Waals surface area contributed by atoms with Crippen LogP contribution in [0.5, 0.6) is 0 Å². The van der Waals surface area contributed by atoms with Gasteiger partial charge in [0.25, 0.3) is 8.32 Å². The summed E-state index contributed by atoms with van der Waals surface area (Å²) < 4.78 is 35.1. The third-order valence-electron chi connectivity index (χ3n) is 5.12. The van der Waals surface area contributed by atoms with Gasteiger partial charge in [0, 0.05) is 42.7 Å². The standard InChI is InChI=1S/C18H16OSi.2C3H10O4Si.O.V/c19-20(16-10-4-1-5-11-16,17-12-6-2-7-13-17)18-14-8-3-9-15-18;2*1-5-8(4,6-2)7-3;;/h1-15,19H;2*4H,1-3H3;;. The van der Waals surface area contributed by atoms with Crippen LogP contribution in [0.25, 0.3) is 0 Å². The summed E-state index contributed by atoms with van der Waals surface area (Å²) in [5, 5.41) is 3.03. The molecule has 0 saturated heterocycles. The van der Waals surface area contributed by atoms with Gasteiger partial charge in [0.1, 0.15) is 0 Å². The zero-order valence-corrected chi connectivity index (χ0v) is 26.7. The van der Waals surface area contributed by atoms with E-state index in [2.05, 4.69) is 26.6 Å². The normalized spacial score (nSPS) is 11.1. The van der Waals surface area contributed by atoms with Gasteiger partial charge in [0.15, 0.2) is 0 Å². The Morgan fingerprint density at radius 1 is 0.447 bits per heavy atom. The minimum absolute atomic E-state index is 1.01. The predicted octanol–water partition coefficient (Wildman–Crippen LogP) is 0.232. The van der Waals surface area contributed by atoms with Crippen LogP contribution in [-0.2, 0) is 47.6 Å². The Morgan fingerprint density at radius 2 is 0.632 bits per heavy atom. The van der Waals surface area contributed by atoms with Crippen molar-refractivity contribution in [1.29, 1.82) is 0 Å². The summed E-state index contributed by atoms with van der Waals surface area (Å²) in [7, 11) is -1.22. The molecule has 0 aromatic heterocycles. The van der Waals surface area contributed by atoms with Gasteiger partial charge in [-0.2, -0.15) is 0 Å². The molecule has 10 nitrogen and oxygen atoms in total. The van der Waals surface area contributed by atoms with E-state index in [-0.39, 0.29) is 0 Å². The molecule has 0 aliphatic rings. The van der Waals surface area contributed by atoms with Crippen LogP contribution in [0.2, 0.25) is 0 Å². The number of benzene rings is 3. The fraction of sp³-hybridized carbons (Fsp3) is 0.250. The van der Waals surface area contributed by atoms with E-state index >= 15 is 0 Å². The molecule has 3 rings (SSSR count). The van der Waals surface area contributed by atoms with Crippen molar-refractivity contribution in [3.8, 4) is 0 Å². The minimum atomic E-state index is -3.17. The van der Waals surface area contributed by atoms with E-state index in [0.29, 0.717) is 0 Å². The molecule has 0 aliphatic carbocycles. The molecule has 0 atom stereocenters. The molecule has 0 bridgehead atoms. The molecule has 3 aromatic rings. The van der Waals surface area contributed by atoms with Gasteiger partial charge in [0.2, 0.25) is 0 Å². The molecule has 0 aliphatic heterocycles. The van der Waals surface area contributed by atoms with E-state index in [1.807, 2.05) is 91.0 Å². The summed E-state index contributed by atoms with van der Waals surface area (Å²) in [4.78, 5) is 29.4. The second-order valence-corrected chi connectivity index (χ2v) is 14.8. The summed E-state index contributed by atoms with van der Waals surface area (Å²) in [6.07, 6.45) is 0. The monoisotopic (exact) mass is 619 g/mol. The second-order valence-electron chi connectivity index (χ2n) is 7.08. The van der Waals surface area contributed by atoms with Crippen LogP contribution in [0, 0.1) is 0 Å². The first-order chi connectivity index (χ1) is 18.2. The molecule has 0 amide bonds. The van der Waals surface area contributed by atoms with E-state index in [1.165, 1.54) is 42.7 Å². The fourth-order valence-electron chi connectivity index (χ4n) is 3.04. The molecule has 0 heterocycles. The first-order valence-electron chi connectivity index (χ1n) is 11.0. The van der Waals surface area contributed by atoms with Gasteiger partial charge in [-0.3, -0.25) is 0 Å². The Hall–Kier alpha value is -1.66. The summed E-state index contributed by atoms with van der Waals surface area (Å²) in [5.41, 5.74) is 0. The molecule has 0 fully saturated rings. The molecular weight excluding hydrogens is 583 g/mol. The van der Waals surface area contributed by atoms with Gasteiger partial charge in [0.05, 0.1) is 0 Å². The predicted molar refractivity (Wildman–Crippen MR) is 145 cm³/mol. The first kappa shape index (κ1) is 36.3. The number of hydrogen-bond acceptors (Lipinski definition) is 10. The van der Waals surface area contributed by atoms with Crippen LogP contribution in [0.15, 0.2) is 91.0 Å². The van der Waals surface area contributed by atoms with E-state index in [0.717, 1.165) is 32.9 Å². The van der Waals surface area contributed by atoms with Gasteiger partial charge in [-0.25, -0.2) is 0 Å². The van der Waals surface area contributed by atoms with Crippen molar-refractivity contribution in [1.82, 2.24) is 0 Å². The third-order valence-corrected chi connectivity index (χ3v) is 11.7.